The number of aromatic nitrogens is 1. The van der Waals surface area contributed by atoms with E-state index in [0.717, 1.165) is 22.9 Å². The molecule has 0 amide bonds. The number of pyridine rings is 1. The molecule has 1 fully saturated rings. The van der Waals surface area contributed by atoms with Crippen LogP contribution in [0, 0.1) is 0 Å². The summed E-state index contributed by atoms with van der Waals surface area (Å²) in [4.78, 5) is 7.86. The number of anilines is 1. The average Bonchev–Trinajstić information content (AvgIpc) is 3.35. The van der Waals surface area contributed by atoms with E-state index in [1.54, 1.807) is 31.8 Å². The van der Waals surface area contributed by atoms with Crippen LogP contribution in [0.1, 0.15) is 22.7 Å². The van der Waals surface area contributed by atoms with E-state index in [1.807, 2.05) is 36.4 Å². The van der Waals surface area contributed by atoms with Crippen molar-refractivity contribution in [2.45, 2.75) is 12.1 Å². The van der Waals surface area contributed by atoms with E-state index in [9.17, 15) is 0 Å². The maximum absolute atomic E-state index is 5.73. The summed E-state index contributed by atoms with van der Waals surface area (Å²) in [7, 11) is 3.31. The summed E-state index contributed by atoms with van der Waals surface area (Å²) in [5.74, 6) is 1.49. The van der Waals surface area contributed by atoms with Crippen molar-refractivity contribution in [3.63, 3.8) is 0 Å². The maximum Gasteiger partial charge on any atom is 0.174 e. The second-order valence-electron chi connectivity index (χ2n) is 6.05. The standard InChI is InChI=1S/C20H19N3O2S2/c1-24-13-8-9-16(25-2)15(12-13)23-19(17-7-5-11-27-17)18(22-20(23)26)14-6-3-4-10-21-14/h3-12,18-19H,1-2H3,(H,22,26). The molecule has 1 aromatic carbocycles. The van der Waals surface area contributed by atoms with Crippen molar-refractivity contribution >= 4 is 34.4 Å². The van der Waals surface area contributed by atoms with Gasteiger partial charge < -0.3 is 19.7 Å². The molecule has 2 atom stereocenters. The Labute approximate surface area is 167 Å². The van der Waals surface area contributed by atoms with Gasteiger partial charge in [0, 0.05) is 17.1 Å². The van der Waals surface area contributed by atoms with Crippen LogP contribution >= 0.6 is 23.6 Å². The third kappa shape index (κ3) is 3.24. The molecule has 4 rings (SSSR count). The lowest BCUT2D eigenvalue weighted by Gasteiger charge is -2.28. The molecule has 7 heteroatoms. The Morgan fingerprint density at radius 1 is 1.11 bits per heavy atom. The van der Waals surface area contributed by atoms with Crippen molar-refractivity contribution in [2.24, 2.45) is 0 Å². The third-order valence-electron chi connectivity index (χ3n) is 4.58. The number of thiophene rings is 1. The Bertz CT molecular complexity index is 932. The highest BCUT2D eigenvalue weighted by atomic mass is 32.1. The maximum atomic E-state index is 5.73. The topological polar surface area (TPSA) is 46.6 Å². The summed E-state index contributed by atoms with van der Waals surface area (Å²) >= 11 is 7.43. The highest BCUT2D eigenvalue weighted by Crippen LogP contribution is 2.46. The van der Waals surface area contributed by atoms with E-state index in [-0.39, 0.29) is 12.1 Å². The predicted octanol–water partition coefficient (Wildman–Crippen LogP) is 4.34. The fourth-order valence-corrected chi connectivity index (χ4v) is 4.54. The molecule has 0 spiro atoms. The smallest absolute Gasteiger partial charge is 0.174 e. The van der Waals surface area contributed by atoms with Gasteiger partial charge in [-0.1, -0.05) is 12.1 Å². The second-order valence-corrected chi connectivity index (χ2v) is 7.42. The van der Waals surface area contributed by atoms with Crippen LogP contribution in [-0.2, 0) is 0 Å². The Morgan fingerprint density at radius 3 is 2.67 bits per heavy atom. The molecule has 0 bridgehead atoms. The zero-order chi connectivity index (χ0) is 18.8. The van der Waals surface area contributed by atoms with Gasteiger partial charge in [0.15, 0.2) is 5.11 Å². The average molecular weight is 398 g/mol. The molecule has 1 N–H and O–H groups in total. The molecule has 0 saturated carbocycles. The van der Waals surface area contributed by atoms with Crippen molar-refractivity contribution in [2.75, 3.05) is 19.1 Å². The lowest BCUT2D eigenvalue weighted by Crippen LogP contribution is -2.29. The first kappa shape index (κ1) is 17.8. The molecule has 1 aliphatic rings. The van der Waals surface area contributed by atoms with Crippen LogP contribution in [-0.4, -0.2) is 24.3 Å². The molecule has 3 aromatic rings. The molecule has 0 radical (unpaired) electrons. The van der Waals surface area contributed by atoms with Gasteiger partial charge >= 0.3 is 0 Å². The summed E-state index contributed by atoms with van der Waals surface area (Å²) in [5, 5.41) is 6.16. The molecular formula is C20H19N3O2S2. The van der Waals surface area contributed by atoms with Crippen LogP contribution in [0.2, 0.25) is 0 Å². The van der Waals surface area contributed by atoms with Crippen molar-refractivity contribution < 1.29 is 9.47 Å². The summed E-state index contributed by atoms with van der Waals surface area (Å²) < 4.78 is 11.0. The normalized spacial score (nSPS) is 19.0. The van der Waals surface area contributed by atoms with Gasteiger partial charge in [-0.15, -0.1) is 11.3 Å². The monoisotopic (exact) mass is 397 g/mol. The number of rotatable bonds is 5. The van der Waals surface area contributed by atoms with Crippen LogP contribution in [0.4, 0.5) is 5.69 Å². The number of nitrogens with zero attached hydrogens (tertiary/aromatic N) is 2. The van der Waals surface area contributed by atoms with E-state index in [4.69, 9.17) is 21.7 Å². The van der Waals surface area contributed by atoms with Gasteiger partial charge in [0.1, 0.15) is 11.5 Å². The lowest BCUT2D eigenvalue weighted by molar-refractivity contribution is 0.403. The quantitative estimate of drug-likeness (QED) is 0.647. The zero-order valence-corrected chi connectivity index (χ0v) is 16.6. The number of methoxy groups -OCH3 is 2. The minimum Gasteiger partial charge on any atom is -0.497 e. The van der Waals surface area contributed by atoms with E-state index in [2.05, 4.69) is 32.7 Å². The lowest BCUT2D eigenvalue weighted by atomic mass is 10.0. The summed E-state index contributed by atoms with van der Waals surface area (Å²) in [5.41, 5.74) is 1.81. The summed E-state index contributed by atoms with van der Waals surface area (Å²) in [6.45, 7) is 0. The number of thiocarbonyl (C=S) groups is 1. The molecule has 138 valence electrons. The minimum atomic E-state index is -0.0618. The number of hydrogen-bond donors (Lipinski definition) is 1. The predicted molar refractivity (Wildman–Crippen MR) is 112 cm³/mol. The third-order valence-corrected chi connectivity index (χ3v) is 5.84. The van der Waals surface area contributed by atoms with Crippen molar-refractivity contribution in [1.82, 2.24) is 10.3 Å². The number of hydrogen-bond acceptors (Lipinski definition) is 5. The van der Waals surface area contributed by atoms with E-state index >= 15 is 0 Å². The Balaban J connectivity index is 1.85. The van der Waals surface area contributed by atoms with Crippen LogP contribution in [0.3, 0.4) is 0 Å². The number of benzene rings is 1. The molecule has 3 heterocycles. The van der Waals surface area contributed by atoms with Gasteiger partial charge in [-0.25, -0.2) is 0 Å². The van der Waals surface area contributed by atoms with Gasteiger partial charge in [0.2, 0.25) is 0 Å². The van der Waals surface area contributed by atoms with Crippen LogP contribution in [0.15, 0.2) is 60.1 Å². The minimum absolute atomic E-state index is 0.0339. The van der Waals surface area contributed by atoms with Crippen LogP contribution in [0.5, 0.6) is 11.5 Å². The number of ether oxygens (including phenoxy) is 2. The molecule has 1 saturated heterocycles. The Morgan fingerprint density at radius 2 is 2.00 bits per heavy atom. The van der Waals surface area contributed by atoms with Crippen LogP contribution in [0.25, 0.3) is 0 Å². The largest absolute Gasteiger partial charge is 0.497 e. The molecular weight excluding hydrogens is 378 g/mol. The fraction of sp³-hybridized carbons (Fsp3) is 0.200. The van der Waals surface area contributed by atoms with E-state index < -0.39 is 0 Å². The summed E-state index contributed by atoms with van der Waals surface area (Å²) in [6, 6.07) is 15.7. The summed E-state index contributed by atoms with van der Waals surface area (Å²) in [6.07, 6.45) is 1.81. The zero-order valence-electron chi connectivity index (χ0n) is 15.0. The first-order valence-electron chi connectivity index (χ1n) is 8.49. The molecule has 2 unspecified atom stereocenters. The van der Waals surface area contributed by atoms with Gasteiger partial charge in [-0.3, -0.25) is 4.98 Å². The SMILES string of the molecule is COc1ccc(OC)c(N2C(=S)NC(c3ccccn3)C2c2cccs2)c1. The molecule has 5 nitrogen and oxygen atoms in total. The fourth-order valence-electron chi connectivity index (χ4n) is 3.35. The molecule has 1 aliphatic heterocycles. The van der Waals surface area contributed by atoms with Crippen molar-refractivity contribution in [3.05, 3.63) is 70.7 Å². The highest BCUT2D eigenvalue weighted by Gasteiger charge is 2.42. The van der Waals surface area contributed by atoms with E-state index in [1.165, 1.54) is 4.88 Å². The first-order valence-corrected chi connectivity index (χ1v) is 9.78. The molecule has 2 aromatic heterocycles. The molecule has 27 heavy (non-hydrogen) atoms. The highest BCUT2D eigenvalue weighted by molar-refractivity contribution is 7.80. The Kier molecular flexibility index (Phi) is 4.96. The molecule has 0 aliphatic carbocycles. The van der Waals surface area contributed by atoms with E-state index in [0.29, 0.717) is 5.11 Å². The van der Waals surface area contributed by atoms with Gasteiger partial charge in [-0.2, -0.15) is 0 Å². The van der Waals surface area contributed by atoms with Crippen molar-refractivity contribution in [1.29, 1.82) is 0 Å². The second kappa shape index (κ2) is 7.54. The Hall–Kier alpha value is -2.64. The first-order chi connectivity index (χ1) is 13.2. The van der Waals surface area contributed by atoms with Gasteiger partial charge in [0.25, 0.3) is 0 Å². The van der Waals surface area contributed by atoms with Gasteiger partial charge in [-0.05, 0) is 47.9 Å². The van der Waals surface area contributed by atoms with Crippen molar-refractivity contribution in [3.8, 4) is 11.5 Å². The number of nitrogens with one attached hydrogen (secondary N) is 1. The van der Waals surface area contributed by atoms with Crippen LogP contribution < -0.4 is 19.7 Å². The van der Waals surface area contributed by atoms with Gasteiger partial charge in [0.05, 0.1) is 37.7 Å².